The molecule has 0 aliphatic carbocycles. The summed E-state index contributed by atoms with van der Waals surface area (Å²) in [7, 11) is 1.80. The lowest BCUT2D eigenvalue weighted by molar-refractivity contribution is 0.0904. The summed E-state index contributed by atoms with van der Waals surface area (Å²) in [5.74, 6) is 2.08. The van der Waals surface area contributed by atoms with Gasteiger partial charge < -0.3 is 30.5 Å². The van der Waals surface area contributed by atoms with Crippen LogP contribution in [0, 0.1) is 0 Å². The lowest BCUT2D eigenvalue weighted by atomic mass is 10.1. The van der Waals surface area contributed by atoms with Gasteiger partial charge in [0, 0.05) is 43.5 Å². The number of ether oxygens (including phenoxy) is 2. The lowest BCUT2D eigenvalue weighted by Crippen LogP contribution is -2.29. The van der Waals surface area contributed by atoms with Crippen LogP contribution in [-0.4, -0.2) is 66.7 Å². The van der Waals surface area contributed by atoms with Crippen LogP contribution in [0.2, 0.25) is 0 Å². The molecule has 2 heterocycles. The van der Waals surface area contributed by atoms with Gasteiger partial charge in [-0.15, -0.1) is 0 Å². The molecule has 1 unspecified atom stereocenters. The summed E-state index contributed by atoms with van der Waals surface area (Å²) in [5, 5.41) is 19.6. The maximum absolute atomic E-state index is 9.88. The summed E-state index contributed by atoms with van der Waals surface area (Å²) in [6.07, 6.45) is 1.37. The maximum atomic E-state index is 9.88. The Bertz CT molecular complexity index is 796. The van der Waals surface area contributed by atoms with E-state index in [1.807, 2.05) is 30.3 Å². The molecule has 8 heteroatoms. The zero-order valence-corrected chi connectivity index (χ0v) is 18.0. The highest BCUT2D eigenvalue weighted by molar-refractivity contribution is 5.66. The zero-order chi connectivity index (χ0) is 21.3. The van der Waals surface area contributed by atoms with E-state index in [4.69, 9.17) is 14.5 Å². The minimum absolute atomic E-state index is 0.222. The topological polar surface area (TPSA) is 101 Å². The largest absolute Gasteiger partial charge is 0.491 e. The molecule has 1 saturated heterocycles. The van der Waals surface area contributed by atoms with Crippen molar-refractivity contribution in [3.8, 4) is 17.0 Å². The number of likely N-dealkylation sites (N-methyl/N-ethyl adjacent to an activating group) is 1. The maximum Gasteiger partial charge on any atom is 0.225 e. The standard InChI is InChI=1S/C22H33N5O3/c1-15(2)24-22-26-20(12-21(27-22)25-17-7-9-29-10-8-17)16-5-4-6-19(11-16)30-14-18(28)13-23-3/h4-6,11-12,15,17-18,23,28H,7-10,13-14H2,1-3H3,(H2,24,25,26,27). The molecule has 30 heavy (non-hydrogen) atoms. The highest BCUT2D eigenvalue weighted by atomic mass is 16.5. The van der Waals surface area contributed by atoms with E-state index < -0.39 is 6.10 Å². The molecule has 164 valence electrons. The quantitative estimate of drug-likeness (QED) is 0.470. The third kappa shape index (κ3) is 6.83. The van der Waals surface area contributed by atoms with Crippen LogP contribution in [-0.2, 0) is 4.74 Å². The molecule has 1 atom stereocenters. The predicted molar refractivity (Wildman–Crippen MR) is 119 cm³/mol. The van der Waals surface area contributed by atoms with E-state index in [9.17, 15) is 5.11 Å². The third-order valence-electron chi connectivity index (χ3n) is 4.73. The molecule has 0 spiro atoms. The van der Waals surface area contributed by atoms with Crippen LogP contribution in [0.5, 0.6) is 5.75 Å². The molecule has 1 aromatic heterocycles. The lowest BCUT2D eigenvalue weighted by Gasteiger charge is -2.24. The van der Waals surface area contributed by atoms with E-state index in [0.29, 0.717) is 24.3 Å². The van der Waals surface area contributed by atoms with Crippen molar-refractivity contribution in [2.75, 3.05) is 44.0 Å². The molecular weight excluding hydrogens is 382 g/mol. The van der Waals surface area contributed by atoms with Gasteiger partial charge in [-0.25, -0.2) is 4.98 Å². The van der Waals surface area contributed by atoms with Gasteiger partial charge >= 0.3 is 0 Å². The van der Waals surface area contributed by atoms with E-state index in [2.05, 4.69) is 34.8 Å². The Balaban J connectivity index is 1.80. The molecule has 0 bridgehead atoms. The van der Waals surface area contributed by atoms with Gasteiger partial charge in [-0.2, -0.15) is 4.98 Å². The van der Waals surface area contributed by atoms with E-state index in [1.54, 1.807) is 7.05 Å². The van der Waals surface area contributed by atoms with Crippen molar-refractivity contribution in [1.29, 1.82) is 0 Å². The highest BCUT2D eigenvalue weighted by Gasteiger charge is 2.16. The summed E-state index contributed by atoms with van der Waals surface area (Å²) in [4.78, 5) is 9.35. The second-order valence-corrected chi connectivity index (χ2v) is 7.84. The van der Waals surface area contributed by atoms with Gasteiger partial charge in [-0.05, 0) is 45.9 Å². The van der Waals surface area contributed by atoms with Crippen molar-refractivity contribution in [3.63, 3.8) is 0 Å². The Morgan fingerprint density at radius 3 is 2.73 bits per heavy atom. The molecule has 0 amide bonds. The number of aliphatic hydroxyl groups is 1. The Morgan fingerprint density at radius 1 is 1.20 bits per heavy atom. The number of aromatic nitrogens is 2. The number of nitrogens with one attached hydrogen (secondary N) is 3. The number of anilines is 2. The first kappa shape index (κ1) is 22.3. The Morgan fingerprint density at radius 2 is 2.00 bits per heavy atom. The molecule has 3 rings (SSSR count). The highest BCUT2D eigenvalue weighted by Crippen LogP contribution is 2.26. The first-order valence-electron chi connectivity index (χ1n) is 10.6. The summed E-state index contributed by atoms with van der Waals surface area (Å²) in [6.45, 7) is 6.37. The number of nitrogens with zero attached hydrogens (tertiary/aromatic N) is 2. The first-order valence-corrected chi connectivity index (χ1v) is 10.6. The first-order chi connectivity index (χ1) is 14.5. The molecule has 2 aromatic rings. The van der Waals surface area contributed by atoms with Gasteiger partial charge in [0.2, 0.25) is 5.95 Å². The summed E-state index contributed by atoms with van der Waals surface area (Å²) in [6, 6.07) is 10.3. The fourth-order valence-electron chi connectivity index (χ4n) is 3.28. The molecule has 0 radical (unpaired) electrons. The Labute approximate surface area is 178 Å². The SMILES string of the molecule is CNCC(O)COc1cccc(-c2cc(NC3CCOCC3)nc(NC(C)C)n2)c1. The average Bonchev–Trinajstić information content (AvgIpc) is 2.73. The third-order valence-corrected chi connectivity index (χ3v) is 4.73. The minimum Gasteiger partial charge on any atom is -0.491 e. The predicted octanol–water partition coefficient (Wildman–Crippen LogP) is 2.51. The molecule has 4 N–H and O–H groups in total. The van der Waals surface area contributed by atoms with Crippen LogP contribution in [0.3, 0.4) is 0 Å². The van der Waals surface area contributed by atoms with Crippen LogP contribution >= 0.6 is 0 Å². The second-order valence-electron chi connectivity index (χ2n) is 7.84. The molecule has 1 aromatic carbocycles. The summed E-state index contributed by atoms with van der Waals surface area (Å²) < 4.78 is 11.2. The monoisotopic (exact) mass is 415 g/mol. The number of rotatable bonds is 10. The summed E-state index contributed by atoms with van der Waals surface area (Å²) in [5.41, 5.74) is 1.74. The van der Waals surface area contributed by atoms with E-state index in [1.165, 1.54) is 0 Å². The van der Waals surface area contributed by atoms with Gasteiger partial charge in [0.15, 0.2) is 0 Å². The van der Waals surface area contributed by atoms with Gasteiger partial charge in [0.25, 0.3) is 0 Å². The van der Waals surface area contributed by atoms with E-state index >= 15 is 0 Å². The number of benzene rings is 1. The zero-order valence-electron chi connectivity index (χ0n) is 18.0. The van der Waals surface area contributed by atoms with Gasteiger partial charge in [0.05, 0.1) is 5.69 Å². The molecule has 8 nitrogen and oxygen atoms in total. The van der Waals surface area contributed by atoms with Crippen molar-refractivity contribution in [2.24, 2.45) is 0 Å². The normalized spacial score (nSPS) is 15.8. The Kier molecular flexibility index (Phi) is 8.24. The fourth-order valence-corrected chi connectivity index (χ4v) is 3.28. The molecular formula is C22H33N5O3. The van der Waals surface area contributed by atoms with Crippen LogP contribution in [0.4, 0.5) is 11.8 Å². The van der Waals surface area contributed by atoms with Crippen molar-refractivity contribution in [3.05, 3.63) is 30.3 Å². The van der Waals surface area contributed by atoms with E-state index in [0.717, 1.165) is 43.1 Å². The smallest absolute Gasteiger partial charge is 0.225 e. The molecule has 0 saturated carbocycles. The van der Waals surface area contributed by atoms with E-state index in [-0.39, 0.29) is 12.6 Å². The Hall–Kier alpha value is -2.42. The van der Waals surface area contributed by atoms with Crippen molar-refractivity contribution in [1.82, 2.24) is 15.3 Å². The van der Waals surface area contributed by atoms with Crippen LogP contribution in [0.15, 0.2) is 30.3 Å². The number of aliphatic hydroxyl groups excluding tert-OH is 1. The second kappa shape index (κ2) is 11.1. The summed E-state index contributed by atoms with van der Waals surface area (Å²) >= 11 is 0. The van der Waals surface area contributed by atoms with Crippen LogP contribution in [0.25, 0.3) is 11.3 Å². The fraction of sp³-hybridized carbons (Fsp3) is 0.545. The van der Waals surface area contributed by atoms with Gasteiger partial charge in [-0.3, -0.25) is 0 Å². The van der Waals surface area contributed by atoms with Gasteiger partial charge in [0.1, 0.15) is 24.3 Å². The molecule has 1 aliphatic heterocycles. The van der Waals surface area contributed by atoms with Crippen LogP contribution in [0.1, 0.15) is 26.7 Å². The molecule has 1 aliphatic rings. The average molecular weight is 416 g/mol. The minimum atomic E-state index is -0.560. The van der Waals surface area contributed by atoms with Crippen molar-refractivity contribution < 1.29 is 14.6 Å². The molecule has 1 fully saturated rings. The van der Waals surface area contributed by atoms with Crippen LogP contribution < -0.4 is 20.7 Å². The van der Waals surface area contributed by atoms with Gasteiger partial charge in [-0.1, -0.05) is 12.1 Å². The number of hydrogen-bond acceptors (Lipinski definition) is 8. The van der Waals surface area contributed by atoms with Crippen molar-refractivity contribution >= 4 is 11.8 Å². The number of hydrogen-bond donors (Lipinski definition) is 4. The van der Waals surface area contributed by atoms with Crippen molar-refractivity contribution in [2.45, 2.75) is 44.9 Å².